The van der Waals surface area contributed by atoms with E-state index in [2.05, 4.69) is 16.1 Å². The molecule has 0 fully saturated rings. The molecule has 7 heteroatoms. The maximum atomic E-state index is 14.2. The van der Waals surface area contributed by atoms with Crippen molar-refractivity contribution in [3.8, 4) is 11.1 Å². The van der Waals surface area contributed by atoms with Crippen molar-refractivity contribution in [2.45, 2.75) is 39.5 Å². The second-order valence-electron chi connectivity index (χ2n) is 9.12. The second kappa shape index (κ2) is 8.38. The van der Waals surface area contributed by atoms with Crippen molar-refractivity contribution >= 4 is 28.1 Å². The molecule has 2 aromatic carbocycles. The third-order valence-corrected chi connectivity index (χ3v) is 6.80. The highest BCUT2D eigenvalue weighted by Crippen LogP contribution is 2.42. The first-order valence-corrected chi connectivity index (χ1v) is 11.6. The number of benzene rings is 2. The van der Waals surface area contributed by atoms with E-state index in [1.807, 2.05) is 43.8 Å². The smallest absolute Gasteiger partial charge is 0.264 e. The Labute approximate surface area is 197 Å². The third-order valence-electron chi connectivity index (χ3n) is 6.80. The lowest BCUT2D eigenvalue weighted by molar-refractivity contribution is 0.0989. The topological polar surface area (TPSA) is 43.1 Å². The van der Waals surface area contributed by atoms with Crippen LogP contribution in [-0.4, -0.2) is 26.7 Å². The number of rotatable bonds is 5. The Morgan fingerprint density at radius 3 is 2.62 bits per heavy atom. The average molecular weight is 463 g/mol. The molecule has 5 nitrogen and oxygen atoms in total. The number of nitrogens with zero attached hydrogens (tertiary/aromatic N) is 4. The van der Waals surface area contributed by atoms with Gasteiger partial charge in [-0.15, -0.1) is 0 Å². The van der Waals surface area contributed by atoms with Gasteiger partial charge in [0.1, 0.15) is 0 Å². The zero-order valence-corrected chi connectivity index (χ0v) is 19.9. The largest absolute Gasteiger partial charge is 0.350 e. The summed E-state index contributed by atoms with van der Waals surface area (Å²) in [6.07, 6.45) is 4.88. The standard InChI is InChI=1S/C27H28F2N4O/c1-5-25(34)23-15-31(3)26-16(2)9-19(11-21(23)26)33-8-6-7-17-10-20(18-13-30-32(4)14-18)22(27(28)29)12-24(17)33/h9-15,27H,5-8H2,1-4H3. The van der Waals surface area contributed by atoms with Crippen LogP contribution in [0.2, 0.25) is 0 Å². The number of halogens is 2. The Balaban J connectivity index is 1.68. The lowest BCUT2D eigenvalue weighted by Crippen LogP contribution is -2.25. The monoisotopic (exact) mass is 462 g/mol. The van der Waals surface area contributed by atoms with Crippen LogP contribution in [0, 0.1) is 6.92 Å². The van der Waals surface area contributed by atoms with E-state index in [-0.39, 0.29) is 11.3 Å². The molecule has 0 saturated carbocycles. The van der Waals surface area contributed by atoms with Gasteiger partial charge in [-0.2, -0.15) is 5.10 Å². The van der Waals surface area contributed by atoms with Gasteiger partial charge in [0.2, 0.25) is 0 Å². The van der Waals surface area contributed by atoms with E-state index in [0.717, 1.165) is 52.8 Å². The van der Waals surface area contributed by atoms with Crippen LogP contribution >= 0.6 is 0 Å². The van der Waals surface area contributed by atoms with E-state index in [1.165, 1.54) is 0 Å². The predicted molar refractivity (Wildman–Crippen MR) is 131 cm³/mol. The molecule has 4 aromatic rings. The van der Waals surface area contributed by atoms with Crippen molar-refractivity contribution in [3.05, 3.63) is 65.1 Å². The fourth-order valence-corrected chi connectivity index (χ4v) is 5.24. The Kier molecular flexibility index (Phi) is 5.50. The van der Waals surface area contributed by atoms with Crippen LogP contribution in [0.1, 0.15) is 53.2 Å². The molecule has 0 radical (unpaired) electrons. The van der Waals surface area contributed by atoms with Gasteiger partial charge in [0.05, 0.1) is 11.7 Å². The molecule has 0 amide bonds. The maximum absolute atomic E-state index is 14.2. The number of aryl methyl sites for hydroxylation is 4. The van der Waals surface area contributed by atoms with Crippen molar-refractivity contribution < 1.29 is 13.6 Å². The zero-order chi connectivity index (χ0) is 24.1. The molecule has 0 atom stereocenters. The van der Waals surface area contributed by atoms with Gasteiger partial charge in [-0.1, -0.05) is 6.92 Å². The first-order chi connectivity index (χ1) is 16.3. The number of alkyl halides is 2. The number of Topliss-reactive ketones (excluding diaryl/α,β-unsaturated/α-hetero) is 1. The van der Waals surface area contributed by atoms with Crippen LogP contribution in [0.3, 0.4) is 0 Å². The molecule has 0 bridgehead atoms. The zero-order valence-electron chi connectivity index (χ0n) is 19.9. The third kappa shape index (κ3) is 3.59. The number of fused-ring (bicyclic) bond motifs is 2. The average Bonchev–Trinajstić information content (AvgIpc) is 3.40. The number of ketones is 1. The minimum Gasteiger partial charge on any atom is -0.350 e. The summed E-state index contributed by atoms with van der Waals surface area (Å²) in [7, 11) is 3.73. The van der Waals surface area contributed by atoms with Gasteiger partial charge in [-0.3, -0.25) is 9.48 Å². The minimum atomic E-state index is -2.60. The summed E-state index contributed by atoms with van der Waals surface area (Å²) in [5.74, 6) is 0.0993. The number of hydrogen-bond acceptors (Lipinski definition) is 3. The molecule has 2 aromatic heterocycles. The van der Waals surface area contributed by atoms with Gasteiger partial charge >= 0.3 is 0 Å². The van der Waals surface area contributed by atoms with Crippen LogP contribution in [0.5, 0.6) is 0 Å². The van der Waals surface area contributed by atoms with Crippen LogP contribution in [0.4, 0.5) is 20.2 Å². The lowest BCUT2D eigenvalue weighted by Gasteiger charge is -2.33. The summed E-state index contributed by atoms with van der Waals surface area (Å²) >= 11 is 0. The Hall–Kier alpha value is -3.48. The second-order valence-corrected chi connectivity index (χ2v) is 9.12. The summed E-state index contributed by atoms with van der Waals surface area (Å²) in [5, 5.41) is 5.08. The van der Waals surface area contributed by atoms with Crippen molar-refractivity contribution in [3.63, 3.8) is 0 Å². The van der Waals surface area contributed by atoms with Gasteiger partial charge in [-0.05, 0) is 60.7 Å². The summed E-state index contributed by atoms with van der Waals surface area (Å²) in [6, 6.07) is 7.68. The highest BCUT2D eigenvalue weighted by Gasteiger charge is 2.26. The van der Waals surface area contributed by atoms with E-state index in [1.54, 1.807) is 30.2 Å². The molecular weight excluding hydrogens is 434 g/mol. The minimum absolute atomic E-state index is 0.0120. The van der Waals surface area contributed by atoms with Crippen LogP contribution in [0.15, 0.2) is 42.9 Å². The molecule has 0 spiro atoms. The SMILES string of the molecule is CCC(=O)c1cn(C)c2c(C)cc(N3CCCc4cc(-c5cnn(C)c5)c(C(F)F)cc43)cc12. The van der Waals surface area contributed by atoms with E-state index in [0.29, 0.717) is 23.1 Å². The van der Waals surface area contributed by atoms with E-state index >= 15 is 0 Å². The summed E-state index contributed by atoms with van der Waals surface area (Å²) < 4.78 is 32.0. The summed E-state index contributed by atoms with van der Waals surface area (Å²) in [5.41, 5.74) is 6.82. The molecule has 0 unspecified atom stereocenters. The summed E-state index contributed by atoms with van der Waals surface area (Å²) in [4.78, 5) is 14.7. The Morgan fingerprint density at radius 2 is 1.94 bits per heavy atom. The Morgan fingerprint density at radius 1 is 1.15 bits per heavy atom. The van der Waals surface area contributed by atoms with Gasteiger partial charge in [0.25, 0.3) is 6.43 Å². The molecule has 176 valence electrons. The Bertz CT molecular complexity index is 1420. The van der Waals surface area contributed by atoms with Crippen molar-refractivity contribution in [1.29, 1.82) is 0 Å². The summed E-state index contributed by atoms with van der Waals surface area (Å²) in [6.45, 7) is 4.63. The first kappa shape index (κ1) is 22.3. The molecule has 1 aliphatic rings. The first-order valence-electron chi connectivity index (χ1n) is 11.6. The highest BCUT2D eigenvalue weighted by molar-refractivity contribution is 6.09. The maximum Gasteiger partial charge on any atom is 0.264 e. The molecule has 0 saturated heterocycles. The van der Waals surface area contributed by atoms with Gasteiger partial charge in [-0.25, -0.2) is 8.78 Å². The van der Waals surface area contributed by atoms with E-state index in [9.17, 15) is 13.6 Å². The lowest BCUT2D eigenvalue weighted by atomic mass is 9.92. The van der Waals surface area contributed by atoms with E-state index < -0.39 is 6.43 Å². The number of carbonyl (C=O) groups excluding carboxylic acids is 1. The molecule has 5 rings (SSSR count). The van der Waals surface area contributed by atoms with Crippen molar-refractivity contribution in [2.75, 3.05) is 11.4 Å². The fraction of sp³-hybridized carbons (Fsp3) is 0.333. The molecular formula is C27H28F2N4O. The van der Waals surface area contributed by atoms with Gasteiger partial charge in [0, 0.05) is 72.9 Å². The number of aromatic nitrogens is 3. The highest BCUT2D eigenvalue weighted by atomic mass is 19.3. The molecule has 0 N–H and O–H groups in total. The predicted octanol–water partition coefficient (Wildman–Crippen LogP) is 6.50. The van der Waals surface area contributed by atoms with Crippen LogP contribution in [0.25, 0.3) is 22.0 Å². The quantitative estimate of drug-likeness (QED) is 0.318. The number of hydrogen-bond donors (Lipinski definition) is 0. The normalized spacial score (nSPS) is 13.7. The van der Waals surface area contributed by atoms with Crippen LogP contribution < -0.4 is 4.90 Å². The van der Waals surface area contributed by atoms with Crippen molar-refractivity contribution in [1.82, 2.24) is 14.3 Å². The molecule has 0 aliphatic carbocycles. The number of anilines is 2. The van der Waals surface area contributed by atoms with Crippen molar-refractivity contribution in [2.24, 2.45) is 14.1 Å². The molecule has 3 heterocycles. The van der Waals surface area contributed by atoms with Gasteiger partial charge < -0.3 is 9.47 Å². The van der Waals surface area contributed by atoms with Gasteiger partial charge in [0.15, 0.2) is 5.78 Å². The molecule has 1 aliphatic heterocycles. The molecule has 34 heavy (non-hydrogen) atoms. The fourth-order valence-electron chi connectivity index (χ4n) is 5.24. The van der Waals surface area contributed by atoms with E-state index in [4.69, 9.17) is 0 Å². The number of carbonyl (C=O) groups is 1. The van der Waals surface area contributed by atoms with Crippen LogP contribution in [-0.2, 0) is 20.5 Å².